The summed E-state index contributed by atoms with van der Waals surface area (Å²) in [6.45, 7) is 0. The molecule has 0 saturated carbocycles. The van der Waals surface area contributed by atoms with Gasteiger partial charge in [0.2, 0.25) is 5.75 Å². The summed E-state index contributed by atoms with van der Waals surface area (Å²) >= 11 is 1.59. The van der Waals surface area contributed by atoms with Gasteiger partial charge in [0.25, 0.3) is 0 Å². The summed E-state index contributed by atoms with van der Waals surface area (Å²) in [5.41, 5.74) is 2.67. The normalized spacial score (nSPS) is 15.9. The molecule has 1 atom stereocenters. The maximum absolute atomic E-state index is 13.1. The molecule has 2 aromatic heterocycles. The van der Waals surface area contributed by atoms with E-state index in [1.54, 1.807) is 44.8 Å². The molecule has 0 N–H and O–H groups in total. The van der Waals surface area contributed by atoms with E-state index in [1.807, 2.05) is 29.0 Å². The van der Waals surface area contributed by atoms with Gasteiger partial charge in [-0.1, -0.05) is 0 Å². The van der Waals surface area contributed by atoms with Crippen LogP contribution in [0.15, 0.2) is 56.9 Å². The third-order valence-electron chi connectivity index (χ3n) is 4.78. The number of hydrogen-bond acceptors (Lipinski definition) is 7. The summed E-state index contributed by atoms with van der Waals surface area (Å²) in [4.78, 5) is 13.1. The van der Waals surface area contributed by atoms with Crippen LogP contribution in [0.25, 0.3) is 0 Å². The highest BCUT2D eigenvalue weighted by Gasteiger charge is 2.36. The average molecular weight is 412 g/mol. The summed E-state index contributed by atoms with van der Waals surface area (Å²) in [5, 5.41) is 10.1. The second kappa shape index (κ2) is 8.00. The van der Waals surface area contributed by atoms with Crippen molar-refractivity contribution in [2.45, 2.75) is 12.5 Å². The molecule has 4 rings (SSSR count). The summed E-state index contributed by atoms with van der Waals surface area (Å²) < 4.78 is 21.7. The van der Waals surface area contributed by atoms with E-state index in [4.69, 9.17) is 18.6 Å². The molecular weight excluding hydrogens is 392 g/mol. The zero-order chi connectivity index (χ0) is 20.4. The third-order valence-corrected chi connectivity index (χ3v) is 5.46. The maximum atomic E-state index is 13.1. The number of carbonyl (C=O) groups excluding carboxylic acids is 1. The van der Waals surface area contributed by atoms with Crippen molar-refractivity contribution >= 4 is 23.0 Å². The van der Waals surface area contributed by atoms with Crippen molar-refractivity contribution in [1.82, 2.24) is 5.01 Å². The predicted octanol–water partition coefficient (Wildman–Crippen LogP) is 4.36. The Morgan fingerprint density at radius 3 is 2.48 bits per heavy atom. The molecule has 29 heavy (non-hydrogen) atoms. The van der Waals surface area contributed by atoms with Crippen LogP contribution in [0.1, 0.15) is 34.1 Å². The van der Waals surface area contributed by atoms with Gasteiger partial charge in [-0.05, 0) is 46.7 Å². The van der Waals surface area contributed by atoms with E-state index in [-0.39, 0.29) is 17.7 Å². The van der Waals surface area contributed by atoms with Crippen molar-refractivity contribution in [1.29, 1.82) is 0 Å². The van der Waals surface area contributed by atoms with Crippen molar-refractivity contribution in [3.63, 3.8) is 0 Å². The minimum atomic E-state index is -0.337. The highest BCUT2D eigenvalue weighted by atomic mass is 32.1. The van der Waals surface area contributed by atoms with Crippen LogP contribution in [0.4, 0.5) is 0 Å². The van der Waals surface area contributed by atoms with Crippen LogP contribution in [-0.2, 0) is 0 Å². The van der Waals surface area contributed by atoms with Gasteiger partial charge in [-0.3, -0.25) is 4.79 Å². The first-order valence-corrected chi connectivity index (χ1v) is 9.87. The summed E-state index contributed by atoms with van der Waals surface area (Å²) in [5.74, 6) is 1.48. The van der Waals surface area contributed by atoms with Crippen LogP contribution < -0.4 is 14.2 Å². The quantitative estimate of drug-likeness (QED) is 0.602. The predicted molar refractivity (Wildman–Crippen MR) is 109 cm³/mol. The molecule has 3 aromatic rings. The molecule has 0 fully saturated rings. The Hall–Kier alpha value is -3.26. The van der Waals surface area contributed by atoms with Crippen molar-refractivity contribution in [3.8, 4) is 17.2 Å². The minimum Gasteiger partial charge on any atom is -0.493 e. The summed E-state index contributed by atoms with van der Waals surface area (Å²) in [6, 6.07) is 8.67. The smallest absolute Gasteiger partial charge is 0.310 e. The zero-order valence-electron chi connectivity index (χ0n) is 16.2. The van der Waals surface area contributed by atoms with Gasteiger partial charge in [-0.25, -0.2) is 5.01 Å². The van der Waals surface area contributed by atoms with Crippen LogP contribution in [0, 0.1) is 0 Å². The van der Waals surface area contributed by atoms with Crippen molar-refractivity contribution in [2.75, 3.05) is 21.3 Å². The molecule has 0 bridgehead atoms. The monoisotopic (exact) mass is 412 g/mol. The molecular formula is C21H20N2O5S. The van der Waals surface area contributed by atoms with Crippen LogP contribution in [0.2, 0.25) is 0 Å². The number of thiophene rings is 1. The number of benzene rings is 1. The standard InChI is InChI=1S/C21H20N2O5S/c1-25-18-9-14(10-19(26-2)20(18)27-3)16-11-15(13-6-8-29-12-13)22-23(16)21(24)17-5-4-7-28-17/h4-10,12,16H,11H2,1-3H3/t16-/m1/s1. The largest absolute Gasteiger partial charge is 0.493 e. The fourth-order valence-electron chi connectivity index (χ4n) is 3.37. The van der Waals surface area contributed by atoms with E-state index < -0.39 is 0 Å². The van der Waals surface area contributed by atoms with E-state index in [9.17, 15) is 4.79 Å². The van der Waals surface area contributed by atoms with Crippen LogP contribution >= 0.6 is 11.3 Å². The van der Waals surface area contributed by atoms with Crippen molar-refractivity contribution < 1.29 is 23.4 Å². The molecule has 7 nitrogen and oxygen atoms in total. The molecule has 1 aliphatic heterocycles. The molecule has 150 valence electrons. The molecule has 0 aliphatic carbocycles. The first-order chi connectivity index (χ1) is 14.2. The minimum absolute atomic E-state index is 0.234. The molecule has 0 unspecified atom stereocenters. The number of hydrogen-bond donors (Lipinski definition) is 0. The fraction of sp³-hybridized carbons (Fsp3) is 0.238. The van der Waals surface area contributed by atoms with Crippen LogP contribution in [-0.4, -0.2) is 38.0 Å². The Morgan fingerprint density at radius 2 is 1.93 bits per heavy atom. The number of ether oxygens (including phenoxy) is 3. The topological polar surface area (TPSA) is 73.5 Å². The lowest BCUT2D eigenvalue weighted by atomic mass is 9.98. The molecule has 1 aromatic carbocycles. The van der Waals surface area contributed by atoms with Gasteiger partial charge in [0.1, 0.15) is 0 Å². The van der Waals surface area contributed by atoms with Gasteiger partial charge in [-0.15, -0.1) is 0 Å². The summed E-state index contributed by atoms with van der Waals surface area (Å²) in [6.07, 6.45) is 2.03. The highest BCUT2D eigenvalue weighted by molar-refractivity contribution is 7.08. The number of furan rings is 1. The lowest BCUT2D eigenvalue weighted by Gasteiger charge is -2.23. The average Bonchev–Trinajstić information content (AvgIpc) is 3.52. The number of nitrogens with zero attached hydrogens (tertiary/aromatic N) is 2. The van der Waals surface area contributed by atoms with Gasteiger partial charge < -0.3 is 18.6 Å². The molecule has 0 radical (unpaired) electrons. The second-order valence-electron chi connectivity index (χ2n) is 6.36. The van der Waals surface area contributed by atoms with Crippen molar-refractivity contribution in [2.24, 2.45) is 5.10 Å². The Bertz CT molecular complexity index is 1000. The van der Waals surface area contributed by atoms with Crippen LogP contribution in [0.5, 0.6) is 17.2 Å². The van der Waals surface area contributed by atoms with Gasteiger partial charge in [0, 0.05) is 12.0 Å². The van der Waals surface area contributed by atoms with E-state index in [2.05, 4.69) is 5.10 Å². The number of rotatable bonds is 6. The van der Waals surface area contributed by atoms with E-state index in [0.29, 0.717) is 23.7 Å². The Labute approximate surface area is 172 Å². The number of amides is 1. The lowest BCUT2D eigenvalue weighted by molar-refractivity contribution is 0.0678. The van der Waals surface area contributed by atoms with Crippen molar-refractivity contribution in [3.05, 3.63) is 64.2 Å². The van der Waals surface area contributed by atoms with Gasteiger partial charge in [-0.2, -0.15) is 16.4 Å². The van der Waals surface area contributed by atoms with Gasteiger partial charge in [0.05, 0.1) is 39.3 Å². The lowest BCUT2D eigenvalue weighted by Crippen LogP contribution is -2.26. The van der Waals surface area contributed by atoms with E-state index in [0.717, 1.165) is 16.8 Å². The molecule has 3 heterocycles. The first kappa shape index (κ1) is 19.1. The second-order valence-corrected chi connectivity index (χ2v) is 7.14. The Morgan fingerprint density at radius 1 is 1.17 bits per heavy atom. The fourth-order valence-corrected chi connectivity index (χ4v) is 4.03. The number of methoxy groups -OCH3 is 3. The zero-order valence-corrected chi connectivity index (χ0v) is 17.1. The van der Waals surface area contributed by atoms with E-state index >= 15 is 0 Å². The SMILES string of the molecule is COc1cc([C@H]2CC(c3ccsc3)=NN2C(=O)c2ccco2)cc(OC)c1OC. The Balaban J connectivity index is 1.78. The first-order valence-electron chi connectivity index (χ1n) is 8.93. The Kier molecular flexibility index (Phi) is 5.26. The molecule has 8 heteroatoms. The number of hydrazone groups is 1. The van der Waals surface area contributed by atoms with Gasteiger partial charge >= 0.3 is 5.91 Å². The summed E-state index contributed by atoms with van der Waals surface area (Å²) in [7, 11) is 4.68. The maximum Gasteiger partial charge on any atom is 0.310 e. The highest BCUT2D eigenvalue weighted by Crippen LogP contribution is 2.43. The van der Waals surface area contributed by atoms with Crippen LogP contribution in [0.3, 0.4) is 0 Å². The third kappa shape index (κ3) is 3.47. The molecule has 1 amide bonds. The molecule has 0 saturated heterocycles. The number of carbonyl (C=O) groups is 1. The molecule has 0 spiro atoms. The van der Waals surface area contributed by atoms with E-state index in [1.165, 1.54) is 11.3 Å². The molecule has 1 aliphatic rings. The van der Waals surface area contributed by atoms with Gasteiger partial charge in [0.15, 0.2) is 17.3 Å².